The molecule has 3 N–H and O–H groups in total. The van der Waals surface area contributed by atoms with E-state index in [1.54, 1.807) is 0 Å². The van der Waals surface area contributed by atoms with Gasteiger partial charge in [0.05, 0.1) is 6.10 Å². The van der Waals surface area contributed by atoms with E-state index < -0.39 is 0 Å². The lowest BCUT2D eigenvalue weighted by atomic mass is 9.93. The van der Waals surface area contributed by atoms with Crippen LogP contribution in [0.25, 0.3) is 0 Å². The monoisotopic (exact) mass is 318 g/mol. The van der Waals surface area contributed by atoms with Crippen molar-refractivity contribution in [2.24, 2.45) is 0 Å². The number of amides is 2. The van der Waals surface area contributed by atoms with Crippen LogP contribution in [-0.4, -0.2) is 29.8 Å². The van der Waals surface area contributed by atoms with Gasteiger partial charge in [-0.2, -0.15) is 0 Å². The molecule has 0 unspecified atom stereocenters. The van der Waals surface area contributed by atoms with Crippen molar-refractivity contribution in [3.63, 3.8) is 0 Å². The Labute approximate surface area is 139 Å². The average Bonchev–Trinajstić information content (AvgIpc) is 2.54. The maximum atomic E-state index is 11.8. The Morgan fingerprint density at radius 2 is 1.83 bits per heavy atom. The van der Waals surface area contributed by atoms with Gasteiger partial charge in [-0.15, -0.1) is 0 Å². The summed E-state index contributed by atoms with van der Waals surface area (Å²) in [7, 11) is 0. The molecule has 0 radical (unpaired) electrons. The van der Waals surface area contributed by atoms with Crippen molar-refractivity contribution in [1.29, 1.82) is 0 Å². The summed E-state index contributed by atoms with van der Waals surface area (Å²) >= 11 is 0. The fourth-order valence-corrected chi connectivity index (χ4v) is 3.02. The highest BCUT2D eigenvalue weighted by Gasteiger charge is 2.20. The summed E-state index contributed by atoms with van der Waals surface area (Å²) in [5, 5.41) is 15.4. The van der Waals surface area contributed by atoms with Crippen molar-refractivity contribution in [3.05, 3.63) is 35.4 Å². The molecule has 0 aromatic heterocycles. The topological polar surface area (TPSA) is 61.4 Å². The van der Waals surface area contributed by atoms with Crippen LogP contribution in [0.4, 0.5) is 4.79 Å². The van der Waals surface area contributed by atoms with Crippen LogP contribution in [0.15, 0.2) is 24.3 Å². The molecule has 0 bridgehead atoms. The summed E-state index contributed by atoms with van der Waals surface area (Å²) in [6.07, 6.45) is 5.06. The third kappa shape index (κ3) is 6.22. The molecule has 2 rings (SSSR count). The van der Waals surface area contributed by atoms with Gasteiger partial charge >= 0.3 is 6.03 Å². The summed E-state index contributed by atoms with van der Waals surface area (Å²) in [5.41, 5.74) is 2.68. The van der Waals surface area contributed by atoms with Crippen LogP contribution in [0.5, 0.6) is 0 Å². The van der Waals surface area contributed by atoms with Crippen LogP contribution >= 0.6 is 0 Å². The minimum atomic E-state index is -0.182. The van der Waals surface area contributed by atoms with Crippen LogP contribution in [0.2, 0.25) is 0 Å². The first-order chi connectivity index (χ1) is 11.0. The zero-order valence-corrected chi connectivity index (χ0v) is 14.3. The van der Waals surface area contributed by atoms with Crippen LogP contribution in [-0.2, 0) is 6.42 Å². The Morgan fingerprint density at radius 1 is 1.17 bits per heavy atom. The molecule has 1 aliphatic rings. The predicted molar refractivity (Wildman–Crippen MR) is 93.6 cm³/mol. The molecule has 4 nitrogen and oxygen atoms in total. The first-order valence-corrected chi connectivity index (χ1v) is 8.86. The van der Waals surface area contributed by atoms with Gasteiger partial charge in [0.15, 0.2) is 0 Å². The summed E-state index contributed by atoms with van der Waals surface area (Å²) in [5.74, 6) is 0.565. The summed E-state index contributed by atoms with van der Waals surface area (Å²) < 4.78 is 0. The number of aliphatic hydroxyl groups excluding tert-OH is 1. The van der Waals surface area contributed by atoms with Crippen LogP contribution in [0.3, 0.4) is 0 Å². The van der Waals surface area contributed by atoms with E-state index in [0.717, 1.165) is 38.5 Å². The van der Waals surface area contributed by atoms with Gasteiger partial charge in [-0.1, -0.05) is 38.1 Å². The first kappa shape index (κ1) is 17.8. The number of urea groups is 1. The van der Waals surface area contributed by atoms with E-state index in [2.05, 4.69) is 48.7 Å². The summed E-state index contributed by atoms with van der Waals surface area (Å²) in [4.78, 5) is 11.8. The van der Waals surface area contributed by atoms with Gasteiger partial charge in [-0.05, 0) is 55.6 Å². The van der Waals surface area contributed by atoms with Crippen molar-refractivity contribution >= 4 is 6.03 Å². The van der Waals surface area contributed by atoms with Gasteiger partial charge in [0.2, 0.25) is 0 Å². The van der Waals surface area contributed by atoms with E-state index in [1.807, 2.05) is 0 Å². The van der Waals surface area contributed by atoms with Gasteiger partial charge in [-0.3, -0.25) is 0 Å². The fraction of sp³-hybridized carbons (Fsp3) is 0.632. The Hall–Kier alpha value is -1.55. The quantitative estimate of drug-likeness (QED) is 0.704. The van der Waals surface area contributed by atoms with E-state index in [9.17, 15) is 9.90 Å². The second-order valence-corrected chi connectivity index (χ2v) is 6.91. The fourth-order valence-electron chi connectivity index (χ4n) is 3.02. The second kappa shape index (κ2) is 8.92. The molecule has 1 aromatic rings. The number of rotatable bonds is 6. The van der Waals surface area contributed by atoms with Crippen molar-refractivity contribution < 1.29 is 9.90 Å². The molecule has 0 spiro atoms. The Balaban J connectivity index is 1.60. The number of nitrogens with one attached hydrogen (secondary N) is 2. The SMILES string of the molecule is CC(C)c1ccc(CCCNC(=O)NC2CCC(O)CC2)cc1. The Bertz CT molecular complexity index is 477. The minimum Gasteiger partial charge on any atom is -0.393 e. The minimum absolute atomic E-state index is 0.0819. The molecular weight excluding hydrogens is 288 g/mol. The summed E-state index contributed by atoms with van der Waals surface area (Å²) in [6.45, 7) is 5.09. The molecule has 4 heteroatoms. The summed E-state index contributed by atoms with van der Waals surface area (Å²) in [6, 6.07) is 8.88. The largest absolute Gasteiger partial charge is 0.393 e. The molecule has 0 atom stereocenters. The van der Waals surface area contributed by atoms with Crippen LogP contribution in [0, 0.1) is 0 Å². The second-order valence-electron chi connectivity index (χ2n) is 6.91. The van der Waals surface area contributed by atoms with Crippen molar-refractivity contribution in [1.82, 2.24) is 10.6 Å². The zero-order chi connectivity index (χ0) is 16.7. The van der Waals surface area contributed by atoms with E-state index in [4.69, 9.17) is 0 Å². The lowest BCUT2D eigenvalue weighted by Gasteiger charge is -2.26. The zero-order valence-electron chi connectivity index (χ0n) is 14.3. The van der Waals surface area contributed by atoms with Gasteiger partial charge in [0.25, 0.3) is 0 Å². The van der Waals surface area contributed by atoms with E-state index in [1.165, 1.54) is 11.1 Å². The molecule has 128 valence electrons. The molecule has 1 aliphatic carbocycles. The molecule has 2 amide bonds. The third-order valence-corrected chi connectivity index (χ3v) is 4.61. The number of aliphatic hydroxyl groups is 1. The van der Waals surface area contributed by atoms with Crippen molar-refractivity contribution in [2.45, 2.75) is 70.4 Å². The van der Waals surface area contributed by atoms with E-state index in [0.29, 0.717) is 12.5 Å². The van der Waals surface area contributed by atoms with Crippen LogP contribution < -0.4 is 10.6 Å². The Morgan fingerprint density at radius 3 is 2.43 bits per heavy atom. The Kier molecular flexibility index (Phi) is 6.90. The lowest BCUT2D eigenvalue weighted by Crippen LogP contribution is -2.44. The number of benzene rings is 1. The maximum Gasteiger partial charge on any atom is 0.315 e. The lowest BCUT2D eigenvalue weighted by molar-refractivity contribution is 0.117. The highest BCUT2D eigenvalue weighted by atomic mass is 16.3. The van der Waals surface area contributed by atoms with E-state index in [-0.39, 0.29) is 18.2 Å². The predicted octanol–water partition coefficient (Wildman–Crippen LogP) is 3.35. The van der Waals surface area contributed by atoms with Gasteiger partial charge < -0.3 is 15.7 Å². The molecule has 0 heterocycles. The van der Waals surface area contributed by atoms with Gasteiger partial charge in [0.1, 0.15) is 0 Å². The molecule has 0 aliphatic heterocycles. The highest BCUT2D eigenvalue weighted by Crippen LogP contribution is 2.18. The maximum absolute atomic E-state index is 11.8. The number of carbonyl (C=O) groups excluding carboxylic acids is 1. The molecule has 1 fully saturated rings. The third-order valence-electron chi connectivity index (χ3n) is 4.61. The highest BCUT2D eigenvalue weighted by molar-refractivity contribution is 5.74. The number of carbonyl (C=O) groups is 1. The van der Waals surface area contributed by atoms with Crippen LogP contribution in [0.1, 0.15) is 63.0 Å². The standard InChI is InChI=1S/C19H30N2O2/c1-14(2)16-7-5-15(6-8-16)4-3-13-20-19(23)21-17-9-11-18(22)12-10-17/h5-8,14,17-18,22H,3-4,9-13H2,1-2H3,(H2,20,21,23). The van der Waals surface area contributed by atoms with Gasteiger partial charge in [0, 0.05) is 12.6 Å². The van der Waals surface area contributed by atoms with Gasteiger partial charge in [-0.25, -0.2) is 4.79 Å². The number of aryl methyl sites for hydroxylation is 1. The average molecular weight is 318 g/mol. The molecule has 1 aromatic carbocycles. The molecular formula is C19H30N2O2. The van der Waals surface area contributed by atoms with Crippen molar-refractivity contribution in [3.8, 4) is 0 Å². The van der Waals surface area contributed by atoms with Crippen molar-refractivity contribution in [2.75, 3.05) is 6.54 Å². The first-order valence-electron chi connectivity index (χ1n) is 8.86. The molecule has 23 heavy (non-hydrogen) atoms. The normalized spacial score (nSPS) is 21.2. The molecule has 1 saturated carbocycles. The number of hydrogen-bond donors (Lipinski definition) is 3. The number of hydrogen-bond acceptors (Lipinski definition) is 2. The molecule has 0 saturated heterocycles. The van der Waals surface area contributed by atoms with E-state index >= 15 is 0 Å². The smallest absolute Gasteiger partial charge is 0.315 e.